The van der Waals surface area contributed by atoms with E-state index < -0.39 is 29.5 Å². The first kappa shape index (κ1) is 25.9. The number of methoxy groups -OCH3 is 1. The minimum absolute atomic E-state index is 0.154. The standard InChI is InChI=1S/C29H25F4N5O2/c1-36-8-6-14-11-21(28(39)15-9-18(30)24(34)19(31)10-15)38-7-4-5-16(26(14)38)23-17(29(32)33)12-20-25(27(23)36)35-22(13-40-3)37(20)2/h4-5,7,9-12,29H,6,8,13,34H2,1-3H3. The number of hydrogen-bond acceptors (Lipinski definition) is 5. The molecule has 0 aliphatic carbocycles. The second-order valence-electron chi connectivity index (χ2n) is 9.93. The molecule has 3 aromatic heterocycles. The van der Waals surface area contributed by atoms with Crippen molar-refractivity contribution >= 4 is 33.7 Å². The summed E-state index contributed by atoms with van der Waals surface area (Å²) < 4.78 is 66.5. The molecule has 0 radical (unpaired) electrons. The number of pyridine rings is 1. The zero-order valence-electron chi connectivity index (χ0n) is 21.9. The third kappa shape index (κ3) is 3.75. The van der Waals surface area contributed by atoms with Gasteiger partial charge in [-0.25, -0.2) is 22.5 Å². The van der Waals surface area contributed by atoms with Crippen LogP contribution in [0.2, 0.25) is 0 Å². The summed E-state index contributed by atoms with van der Waals surface area (Å²) in [6.45, 7) is 0.654. The normalized spacial score (nSPS) is 13.2. The van der Waals surface area contributed by atoms with Gasteiger partial charge in [-0.15, -0.1) is 0 Å². The Balaban J connectivity index is 1.66. The highest BCUT2D eigenvalue weighted by atomic mass is 19.3. The third-order valence-electron chi connectivity index (χ3n) is 7.59. The molecule has 0 amide bonds. The lowest BCUT2D eigenvalue weighted by Gasteiger charge is -2.28. The summed E-state index contributed by atoms with van der Waals surface area (Å²) in [5.74, 6) is -2.10. The van der Waals surface area contributed by atoms with Crippen molar-refractivity contribution in [2.45, 2.75) is 19.5 Å². The fourth-order valence-electron chi connectivity index (χ4n) is 5.63. The van der Waals surface area contributed by atoms with E-state index in [1.807, 2.05) is 11.9 Å². The van der Waals surface area contributed by atoms with Crippen molar-refractivity contribution in [2.24, 2.45) is 7.05 Å². The summed E-state index contributed by atoms with van der Waals surface area (Å²) >= 11 is 0. The minimum Gasteiger partial charge on any atom is -0.394 e. The lowest BCUT2D eigenvalue weighted by Crippen LogP contribution is -2.23. The third-order valence-corrected chi connectivity index (χ3v) is 7.59. The van der Waals surface area contributed by atoms with Crippen LogP contribution >= 0.6 is 0 Å². The Labute approximate surface area is 226 Å². The first-order valence-electron chi connectivity index (χ1n) is 12.5. The number of halogens is 4. The molecular formula is C29H25F4N5O2. The van der Waals surface area contributed by atoms with Gasteiger partial charge in [0.05, 0.1) is 22.4 Å². The number of nitrogen functional groups attached to an aromatic ring is 1. The number of ether oxygens (including phenoxy) is 1. The largest absolute Gasteiger partial charge is 0.394 e. The van der Waals surface area contributed by atoms with Crippen molar-refractivity contribution < 1.29 is 27.1 Å². The summed E-state index contributed by atoms with van der Waals surface area (Å²) in [5.41, 5.74) is 8.32. The lowest BCUT2D eigenvalue weighted by molar-refractivity contribution is 0.103. The molecule has 0 saturated carbocycles. The van der Waals surface area contributed by atoms with Gasteiger partial charge in [-0.3, -0.25) is 4.79 Å². The number of likely N-dealkylation sites (N-methyl/N-ethyl adjacent to an activating group) is 1. The number of alkyl halides is 2. The molecule has 2 N–H and O–H groups in total. The number of fused-ring (bicyclic) bond motifs is 4. The van der Waals surface area contributed by atoms with Crippen LogP contribution in [0, 0.1) is 11.6 Å². The molecule has 5 aromatic rings. The topological polar surface area (TPSA) is 77.8 Å². The van der Waals surface area contributed by atoms with Crippen LogP contribution in [0.4, 0.5) is 28.9 Å². The molecule has 6 rings (SSSR count). The summed E-state index contributed by atoms with van der Waals surface area (Å²) in [4.78, 5) is 20.2. The maximum atomic E-state index is 14.7. The van der Waals surface area contributed by atoms with Crippen molar-refractivity contribution in [2.75, 3.05) is 31.3 Å². The van der Waals surface area contributed by atoms with Crippen LogP contribution in [0.5, 0.6) is 0 Å². The van der Waals surface area contributed by atoms with E-state index >= 15 is 0 Å². The Kier molecular flexibility index (Phi) is 6.06. The van der Waals surface area contributed by atoms with Crippen molar-refractivity contribution in [3.63, 3.8) is 0 Å². The molecule has 0 atom stereocenters. The van der Waals surface area contributed by atoms with Gasteiger partial charge < -0.3 is 24.3 Å². The number of aryl methyl sites for hydroxylation is 1. The molecule has 40 heavy (non-hydrogen) atoms. The minimum atomic E-state index is -2.80. The van der Waals surface area contributed by atoms with Crippen molar-refractivity contribution in [1.29, 1.82) is 0 Å². The average molecular weight is 552 g/mol. The van der Waals surface area contributed by atoms with Gasteiger partial charge >= 0.3 is 0 Å². The van der Waals surface area contributed by atoms with Gasteiger partial charge in [0.2, 0.25) is 5.78 Å². The van der Waals surface area contributed by atoms with Gasteiger partial charge in [0, 0.05) is 56.2 Å². The van der Waals surface area contributed by atoms with Crippen LogP contribution in [0.1, 0.15) is 39.4 Å². The first-order valence-corrected chi connectivity index (χ1v) is 12.5. The van der Waals surface area contributed by atoms with E-state index in [0.717, 1.165) is 17.7 Å². The number of benzene rings is 2. The summed E-state index contributed by atoms with van der Waals surface area (Å²) in [7, 11) is 5.13. The molecule has 206 valence electrons. The number of imidazole rings is 1. The van der Waals surface area contributed by atoms with Crippen LogP contribution in [-0.4, -0.2) is 40.4 Å². The van der Waals surface area contributed by atoms with E-state index in [-0.39, 0.29) is 23.4 Å². The SMILES string of the molecule is COCc1nc2c3c(c(C(F)F)cc2n1C)-c1cccn2c(C(=O)c4cc(F)c(N)c(F)c4)cc(c12)CCN3C. The number of carbonyl (C=O) groups is 1. The van der Waals surface area contributed by atoms with E-state index in [1.54, 1.807) is 47.5 Å². The number of rotatable bonds is 5. The number of aromatic nitrogens is 3. The maximum Gasteiger partial charge on any atom is 0.264 e. The van der Waals surface area contributed by atoms with E-state index in [1.165, 1.54) is 6.07 Å². The zero-order chi connectivity index (χ0) is 28.5. The van der Waals surface area contributed by atoms with Gasteiger partial charge in [-0.2, -0.15) is 0 Å². The molecule has 2 aromatic carbocycles. The van der Waals surface area contributed by atoms with E-state index in [0.29, 0.717) is 52.2 Å². The molecule has 1 aliphatic rings. The quantitative estimate of drug-likeness (QED) is 0.173. The molecule has 1 aliphatic heterocycles. The smallest absolute Gasteiger partial charge is 0.264 e. The zero-order valence-corrected chi connectivity index (χ0v) is 21.9. The van der Waals surface area contributed by atoms with Gasteiger partial charge in [-0.1, -0.05) is 6.07 Å². The number of carbonyl (C=O) groups excluding carboxylic acids is 1. The Morgan fingerprint density at radius 2 is 1.88 bits per heavy atom. The fourth-order valence-corrected chi connectivity index (χ4v) is 5.63. The van der Waals surface area contributed by atoms with Crippen molar-refractivity contribution in [3.8, 4) is 11.1 Å². The second kappa shape index (κ2) is 9.37. The molecule has 0 bridgehead atoms. The molecule has 0 saturated heterocycles. The second-order valence-corrected chi connectivity index (χ2v) is 9.93. The number of hydrogen-bond donors (Lipinski definition) is 1. The molecule has 4 heterocycles. The molecule has 7 nitrogen and oxygen atoms in total. The van der Waals surface area contributed by atoms with Crippen LogP contribution in [0.15, 0.2) is 42.6 Å². The van der Waals surface area contributed by atoms with Crippen LogP contribution < -0.4 is 10.6 Å². The summed E-state index contributed by atoms with van der Waals surface area (Å²) in [6, 6.07) is 8.31. The van der Waals surface area contributed by atoms with Crippen LogP contribution in [-0.2, 0) is 24.8 Å². The summed E-state index contributed by atoms with van der Waals surface area (Å²) in [6.07, 6.45) is -0.679. The molecular weight excluding hydrogens is 526 g/mol. The van der Waals surface area contributed by atoms with Gasteiger partial charge in [0.25, 0.3) is 6.43 Å². The highest BCUT2D eigenvalue weighted by Crippen LogP contribution is 2.46. The van der Waals surface area contributed by atoms with Gasteiger partial charge in [0.15, 0.2) is 0 Å². The predicted molar refractivity (Wildman–Crippen MR) is 144 cm³/mol. The lowest BCUT2D eigenvalue weighted by atomic mass is 9.92. The Hall–Kier alpha value is -4.38. The predicted octanol–water partition coefficient (Wildman–Crippen LogP) is 5.66. The van der Waals surface area contributed by atoms with Crippen molar-refractivity contribution in [3.05, 3.63) is 82.4 Å². The number of anilines is 2. The first-order chi connectivity index (χ1) is 19.1. The van der Waals surface area contributed by atoms with Crippen LogP contribution in [0.25, 0.3) is 27.7 Å². The number of nitrogens with zero attached hydrogens (tertiary/aromatic N) is 4. The van der Waals surface area contributed by atoms with Crippen LogP contribution in [0.3, 0.4) is 0 Å². The molecule has 0 spiro atoms. The molecule has 0 unspecified atom stereocenters. The number of ketones is 1. The fraction of sp³-hybridized carbons (Fsp3) is 0.241. The molecule has 11 heteroatoms. The van der Waals surface area contributed by atoms with Gasteiger partial charge in [-0.05, 0) is 42.3 Å². The molecule has 0 fully saturated rings. The highest BCUT2D eigenvalue weighted by Gasteiger charge is 2.30. The monoisotopic (exact) mass is 551 g/mol. The Bertz CT molecular complexity index is 1820. The van der Waals surface area contributed by atoms with Gasteiger partial charge in [0.1, 0.15) is 35.3 Å². The Morgan fingerprint density at radius 1 is 1.15 bits per heavy atom. The Morgan fingerprint density at radius 3 is 2.55 bits per heavy atom. The highest BCUT2D eigenvalue weighted by molar-refractivity contribution is 6.10. The van der Waals surface area contributed by atoms with E-state index in [9.17, 15) is 22.4 Å². The van der Waals surface area contributed by atoms with E-state index in [2.05, 4.69) is 0 Å². The average Bonchev–Trinajstić information content (AvgIpc) is 3.45. The van der Waals surface area contributed by atoms with E-state index in [4.69, 9.17) is 15.5 Å². The summed E-state index contributed by atoms with van der Waals surface area (Å²) in [5, 5.41) is 0. The van der Waals surface area contributed by atoms with Crippen molar-refractivity contribution in [1.82, 2.24) is 14.0 Å². The maximum absolute atomic E-state index is 14.7. The number of nitrogens with two attached hydrogens (primary N) is 1.